The molecule has 2 saturated carbocycles. The molecule has 0 saturated heterocycles. The average molecular weight is 164 g/mol. The highest BCUT2D eigenvalue weighted by atomic mass is 16.3. The third kappa shape index (κ3) is 0.779. The van der Waals surface area contributed by atoms with E-state index in [0.717, 1.165) is 11.8 Å². The van der Waals surface area contributed by atoms with Gasteiger partial charge in [-0.25, -0.2) is 0 Å². The van der Waals surface area contributed by atoms with Crippen LogP contribution in [0, 0.1) is 23.7 Å². The summed E-state index contributed by atoms with van der Waals surface area (Å²) in [5.41, 5.74) is 0. The van der Waals surface area contributed by atoms with Crippen molar-refractivity contribution in [2.24, 2.45) is 23.7 Å². The zero-order chi connectivity index (χ0) is 8.13. The van der Waals surface area contributed by atoms with Crippen LogP contribution in [-0.4, -0.2) is 11.2 Å². The minimum absolute atomic E-state index is 0.0255. The van der Waals surface area contributed by atoms with Gasteiger partial charge in [0.25, 0.3) is 0 Å². The SMILES string of the molecule is OC1[C@H]2CCC[C@@H]1[C@H]1C=C[C@@H]2C1. The molecule has 1 unspecified atom stereocenters. The van der Waals surface area contributed by atoms with Crippen molar-refractivity contribution in [2.75, 3.05) is 0 Å². The highest BCUT2D eigenvalue weighted by Crippen LogP contribution is 2.50. The van der Waals surface area contributed by atoms with Gasteiger partial charge in [0.05, 0.1) is 6.10 Å². The van der Waals surface area contributed by atoms with Crippen LogP contribution in [0.25, 0.3) is 0 Å². The Morgan fingerprint density at radius 2 is 1.58 bits per heavy atom. The van der Waals surface area contributed by atoms with E-state index in [1.807, 2.05) is 0 Å². The molecule has 0 aromatic heterocycles. The van der Waals surface area contributed by atoms with Gasteiger partial charge in [-0.05, 0) is 42.9 Å². The molecule has 66 valence electrons. The molecule has 1 heteroatoms. The first-order valence-corrected chi connectivity index (χ1v) is 5.22. The van der Waals surface area contributed by atoms with Crippen LogP contribution in [-0.2, 0) is 0 Å². The fraction of sp³-hybridized carbons (Fsp3) is 0.818. The van der Waals surface area contributed by atoms with Crippen molar-refractivity contribution in [3.8, 4) is 0 Å². The summed E-state index contributed by atoms with van der Waals surface area (Å²) in [5.74, 6) is 2.67. The second kappa shape index (κ2) is 2.35. The van der Waals surface area contributed by atoms with Gasteiger partial charge in [0, 0.05) is 0 Å². The molecule has 0 aliphatic heterocycles. The quantitative estimate of drug-likeness (QED) is 0.543. The second-order valence-corrected chi connectivity index (χ2v) is 4.70. The molecule has 3 aliphatic rings. The van der Waals surface area contributed by atoms with E-state index in [1.165, 1.54) is 25.7 Å². The summed E-state index contributed by atoms with van der Waals surface area (Å²) >= 11 is 0. The Labute approximate surface area is 73.5 Å². The standard InChI is InChI=1S/C11H16O/c12-11-9-2-1-3-10(11)8-5-4-7(9)6-8/h4-5,7-12H,1-3,6H2/t7-,8+,9+,10-,11?. The summed E-state index contributed by atoms with van der Waals surface area (Å²) in [5, 5.41) is 10.0. The van der Waals surface area contributed by atoms with Gasteiger partial charge in [-0.1, -0.05) is 18.6 Å². The van der Waals surface area contributed by atoms with E-state index in [0.29, 0.717) is 11.8 Å². The third-order valence-electron chi connectivity index (χ3n) is 4.20. The van der Waals surface area contributed by atoms with Crippen LogP contribution >= 0.6 is 0 Å². The van der Waals surface area contributed by atoms with Gasteiger partial charge >= 0.3 is 0 Å². The van der Waals surface area contributed by atoms with Crippen molar-refractivity contribution in [1.29, 1.82) is 0 Å². The van der Waals surface area contributed by atoms with E-state index in [4.69, 9.17) is 0 Å². The maximum absolute atomic E-state index is 10.0. The average Bonchev–Trinajstić information content (AvgIpc) is 2.47. The monoisotopic (exact) mass is 164 g/mol. The minimum atomic E-state index is 0.0255. The molecule has 3 aliphatic carbocycles. The molecule has 5 atom stereocenters. The van der Waals surface area contributed by atoms with Crippen molar-refractivity contribution < 1.29 is 5.11 Å². The lowest BCUT2D eigenvalue weighted by atomic mass is 9.64. The number of hydrogen-bond acceptors (Lipinski definition) is 1. The molecule has 0 amide bonds. The van der Waals surface area contributed by atoms with E-state index >= 15 is 0 Å². The molecule has 1 nitrogen and oxygen atoms in total. The summed E-state index contributed by atoms with van der Waals surface area (Å²) in [4.78, 5) is 0. The fourth-order valence-electron chi connectivity index (χ4n) is 3.57. The highest BCUT2D eigenvalue weighted by Gasteiger charge is 2.46. The molecule has 0 heterocycles. The summed E-state index contributed by atoms with van der Waals surface area (Å²) in [6.07, 6.45) is 9.97. The third-order valence-corrected chi connectivity index (χ3v) is 4.20. The Kier molecular flexibility index (Phi) is 1.40. The Balaban J connectivity index is 1.97. The van der Waals surface area contributed by atoms with E-state index < -0.39 is 0 Å². The van der Waals surface area contributed by atoms with E-state index in [-0.39, 0.29) is 6.10 Å². The van der Waals surface area contributed by atoms with Gasteiger partial charge in [0.15, 0.2) is 0 Å². The minimum Gasteiger partial charge on any atom is -0.393 e. The molecule has 0 aromatic carbocycles. The Hall–Kier alpha value is -0.300. The molecule has 0 radical (unpaired) electrons. The lowest BCUT2D eigenvalue weighted by Crippen LogP contribution is -2.43. The first kappa shape index (κ1) is 7.14. The predicted octanol–water partition coefficient (Wildman–Crippen LogP) is 1.97. The Morgan fingerprint density at radius 3 is 2.17 bits per heavy atom. The largest absolute Gasteiger partial charge is 0.393 e. The second-order valence-electron chi connectivity index (χ2n) is 4.70. The van der Waals surface area contributed by atoms with Crippen molar-refractivity contribution in [3.05, 3.63) is 12.2 Å². The van der Waals surface area contributed by atoms with E-state index in [1.54, 1.807) is 0 Å². The summed E-state index contributed by atoms with van der Waals surface area (Å²) in [7, 11) is 0. The van der Waals surface area contributed by atoms with Crippen LogP contribution in [0.5, 0.6) is 0 Å². The smallest absolute Gasteiger partial charge is 0.0607 e. The molecular weight excluding hydrogens is 148 g/mol. The van der Waals surface area contributed by atoms with E-state index in [9.17, 15) is 5.11 Å². The van der Waals surface area contributed by atoms with E-state index in [2.05, 4.69) is 12.2 Å². The van der Waals surface area contributed by atoms with Crippen LogP contribution in [0.2, 0.25) is 0 Å². The van der Waals surface area contributed by atoms with Gasteiger partial charge in [-0.15, -0.1) is 0 Å². The van der Waals surface area contributed by atoms with Crippen LogP contribution in [0.15, 0.2) is 12.2 Å². The van der Waals surface area contributed by atoms with Crippen molar-refractivity contribution in [2.45, 2.75) is 31.8 Å². The number of hydrogen-bond donors (Lipinski definition) is 1. The first-order chi connectivity index (χ1) is 5.86. The van der Waals surface area contributed by atoms with Crippen LogP contribution in [0.3, 0.4) is 0 Å². The van der Waals surface area contributed by atoms with Gasteiger partial charge < -0.3 is 5.11 Å². The topological polar surface area (TPSA) is 20.2 Å². The lowest BCUT2D eigenvalue weighted by Gasteiger charge is -2.44. The van der Waals surface area contributed by atoms with Crippen LogP contribution in [0.4, 0.5) is 0 Å². The number of allylic oxidation sites excluding steroid dienone is 2. The maximum Gasteiger partial charge on any atom is 0.0607 e. The Morgan fingerprint density at radius 1 is 1.00 bits per heavy atom. The summed E-state index contributed by atoms with van der Waals surface area (Å²) in [6, 6.07) is 0. The number of rotatable bonds is 0. The predicted molar refractivity (Wildman–Crippen MR) is 47.6 cm³/mol. The van der Waals surface area contributed by atoms with Gasteiger partial charge in [0.2, 0.25) is 0 Å². The molecule has 4 bridgehead atoms. The Bertz CT molecular complexity index is 201. The molecule has 12 heavy (non-hydrogen) atoms. The number of aliphatic hydroxyl groups excluding tert-OH is 1. The molecule has 3 rings (SSSR count). The first-order valence-electron chi connectivity index (χ1n) is 5.22. The van der Waals surface area contributed by atoms with Crippen molar-refractivity contribution in [3.63, 3.8) is 0 Å². The van der Waals surface area contributed by atoms with Gasteiger partial charge in [-0.3, -0.25) is 0 Å². The molecule has 1 N–H and O–H groups in total. The summed E-state index contributed by atoms with van der Waals surface area (Å²) in [6.45, 7) is 0. The fourth-order valence-corrected chi connectivity index (χ4v) is 3.57. The van der Waals surface area contributed by atoms with Crippen LogP contribution < -0.4 is 0 Å². The van der Waals surface area contributed by atoms with Gasteiger partial charge in [-0.2, -0.15) is 0 Å². The maximum atomic E-state index is 10.0. The lowest BCUT2D eigenvalue weighted by molar-refractivity contribution is -0.0452. The summed E-state index contributed by atoms with van der Waals surface area (Å²) < 4.78 is 0. The zero-order valence-corrected chi connectivity index (χ0v) is 7.32. The highest BCUT2D eigenvalue weighted by molar-refractivity contribution is 5.13. The number of aliphatic hydroxyl groups is 1. The van der Waals surface area contributed by atoms with Crippen molar-refractivity contribution in [1.82, 2.24) is 0 Å². The molecule has 0 spiro atoms. The molecular formula is C11H16O. The normalized spacial score (nSPS) is 55.9. The van der Waals surface area contributed by atoms with Crippen LogP contribution in [0.1, 0.15) is 25.7 Å². The molecule has 2 fully saturated rings. The number of fused-ring (bicyclic) bond motifs is 6. The van der Waals surface area contributed by atoms with Crippen molar-refractivity contribution >= 4 is 0 Å². The van der Waals surface area contributed by atoms with Gasteiger partial charge in [0.1, 0.15) is 0 Å². The zero-order valence-electron chi connectivity index (χ0n) is 7.32. The molecule has 0 aromatic rings.